The fourth-order valence-electron chi connectivity index (χ4n) is 8.04. The van der Waals surface area contributed by atoms with E-state index in [0.29, 0.717) is 23.1 Å². The van der Waals surface area contributed by atoms with Crippen molar-refractivity contribution < 1.29 is 23.7 Å². The number of rotatable bonds is 5. The molecular formula is C26H30N2O5. The van der Waals surface area contributed by atoms with Gasteiger partial charge in [-0.2, -0.15) is 0 Å². The fraction of sp³-hybridized carbons (Fsp3) is 0.577. The van der Waals surface area contributed by atoms with Gasteiger partial charge in [0.2, 0.25) is 11.5 Å². The first-order valence-corrected chi connectivity index (χ1v) is 12.1. The Morgan fingerprint density at radius 1 is 1.27 bits per heavy atom. The molecule has 0 radical (unpaired) electrons. The van der Waals surface area contributed by atoms with E-state index in [0.717, 1.165) is 38.2 Å². The number of nitrogens with zero attached hydrogens (tertiary/aromatic N) is 1. The molecule has 7 rings (SSSR count). The third kappa shape index (κ3) is 2.28. The van der Waals surface area contributed by atoms with E-state index in [9.17, 15) is 4.79 Å². The quantitative estimate of drug-likeness (QED) is 0.692. The highest BCUT2D eigenvalue weighted by Crippen LogP contribution is 2.72. The second kappa shape index (κ2) is 6.62. The number of benzene rings is 1. The Morgan fingerprint density at radius 2 is 2.09 bits per heavy atom. The van der Waals surface area contributed by atoms with Crippen LogP contribution in [0.2, 0.25) is 0 Å². The molecule has 6 aliphatic rings. The van der Waals surface area contributed by atoms with Gasteiger partial charge in [0.15, 0.2) is 5.76 Å². The monoisotopic (exact) mass is 450 g/mol. The van der Waals surface area contributed by atoms with Gasteiger partial charge < -0.3 is 24.3 Å². The van der Waals surface area contributed by atoms with E-state index in [2.05, 4.69) is 47.5 Å². The van der Waals surface area contributed by atoms with Crippen molar-refractivity contribution >= 4 is 5.97 Å². The summed E-state index contributed by atoms with van der Waals surface area (Å²) in [4.78, 5) is 15.0. The molecule has 8 atom stereocenters. The highest BCUT2D eigenvalue weighted by molar-refractivity contribution is 5.93. The first kappa shape index (κ1) is 20.1. The number of esters is 1. The minimum absolute atomic E-state index is 0.0298. The maximum Gasteiger partial charge on any atom is 0.343 e. The number of methoxy groups -OCH3 is 1. The van der Waals surface area contributed by atoms with E-state index in [-0.39, 0.29) is 35.4 Å². The zero-order chi connectivity index (χ0) is 22.5. The van der Waals surface area contributed by atoms with Crippen LogP contribution in [0.15, 0.2) is 53.2 Å². The number of allylic oxidation sites excluding steroid dienone is 1. The van der Waals surface area contributed by atoms with Crippen LogP contribution in [-0.2, 0) is 30.3 Å². The van der Waals surface area contributed by atoms with Crippen molar-refractivity contribution in [2.24, 2.45) is 17.8 Å². The van der Waals surface area contributed by atoms with Gasteiger partial charge in [-0.05, 0) is 31.9 Å². The van der Waals surface area contributed by atoms with Crippen LogP contribution in [0, 0.1) is 17.8 Å². The third-order valence-corrected chi connectivity index (χ3v) is 9.18. The predicted octanol–water partition coefficient (Wildman–Crippen LogP) is 2.69. The van der Waals surface area contributed by atoms with Gasteiger partial charge in [-0.1, -0.05) is 37.3 Å². The van der Waals surface area contributed by atoms with Crippen molar-refractivity contribution in [2.45, 2.75) is 56.7 Å². The Hall–Kier alpha value is -2.35. The number of piperidine rings is 1. The molecule has 1 spiro atoms. The summed E-state index contributed by atoms with van der Waals surface area (Å²) in [6, 6.07) is 11.0. The lowest BCUT2D eigenvalue weighted by molar-refractivity contribution is -0.255. The fourth-order valence-corrected chi connectivity index (χ4v) is 8.04. The highest BCUT2D eigenvalue weighted by atomic mass is 16.7. The molecule has 0 saturated carbocycles. The molecule has 174 valence electrons. The molecule has 1 N–H and O–H groups in total. The Labute approximate surface area is 193 Å². The number of hydrogen-bond donors (Lipinski definition) is 1. The van der Waals surface area contributed by atoms with Gasteiger partial charge in [0, 0.05) is 31.0 Å². The first-order chi connectivity index (χ1) is 16.0. The summed E-state index contributed by atoms with van der Waals surface area (Å²) in [5.74, 6) is 1.26. The SMILES string of the molecule is COC1=C(C)C(=O)O/C1=C1\O[C@@]23O[C@H]4C[C@@H]([C@H]2[C@@H]1C)N1CC[C@@H]3[C@]41CNCc1ccccc1. The maximum absolute atomic E-state index is 12.3. The van der Waals surface area contributed by atoms with Gasteiger partial charge >= 0.3 is 5.97 Å². The van der Waals surface area contributed by atoms with E-state index >= 15 is 0 Å². The van der Waals surface area contributed by atoms with Crippen LogP contribution in [0.1, 0.15) is 32.3 Å². The number of nitrogens with one attached hydrogen (secondary N) is 1. The number of carbonyl (C=O) groups is 1. The lowest BCUT2D eigenvalue weighted by Gasteiger charge is -2.48. The van der Waals surface area contributed by atoms with Crippen LogP contribution >= 0.6 is 0 Å². The minimum atomic E-state index is -0.640. The van der Waals surface area contributed by atoms with Crippen molar-refractivity contribution in [1.82, 2.24) is 10.2 Å². The zero-order valence-corrected chi connectivity index (χ0v) is 19.3. The molecule has 0 aromatic heterocycles. The van der Waals surface area contributed by atoms with Crippen molar-refractivity contribution in [3.05, 3.63) is 58.7 Å². The molecule has 7 heteroatoms. The largest absolute Gasteiger partial charge is 0.492 e. The second-order valence-corrected chi connectivity index (χ2v) is 10.4. The van der Waals surface area contributed by atoms with Gasteiger partial charge in [0.25, 0.3) is 0 Å². The summed E-state index contributed by atoms with van der Waals surface area (Å²) in [6.45, 7) is 6.76. The molecule has 33 heavy (non-hydrogen) atoms. The lowest BCUT2D eigenvalue weighted by atomic mass is 9.71. The second-order valence-electron chi connectivity index (χ2n) is 10.4. The Morgan fingerprint density at radius 3 is 2.88 bits per heavy atom. The summed E-state index contributed by atoms with van der Waals surface area (Å²) in [5.41, 5.74) is 1.75. The summed E-state index contributed by atoms with van der Waals surface area (Å²) >= 11 is 0. The average Bonchev–Trinajstić information content (AvgIpc) is 3.52. The number of carbonyl (C=O) groups excluding carboxylic acids is 1. The van der Waals surface area contributed by atoms with Crippen molar-refractivity contribution in [1.29, 1.82) is 0 Å². The summed E-state index contributed by atoms with van der Waals surface area (Å²) in [6.07, 6.45) is 2.27. The van der Waals surface area contributed by atoms with Crippen LogP contribution in [0.3, 0.4) is 0 Å². The molecule has 1 aromatic carbocycles. The zero-order valence-electron chi connectivity index (χ0n) is 19.3. The molecule has 0 aliphatic carbocycles. The molecule has 7 nitrogen and oxygen atoms in total. The van der Waals surface area contributed by atoms with Crippen molar-refractivity contribution in [2.75, 3.05) is 20.2 Å². The minimum Gasteiger partial charge on any atom is -0.492 e. The molecular weight excluding hydrogens is 420 g/mol. The molecule has 1 unspecified atom stereocenters. The van der Waals surface area contributed by atoms with E-state index < -0.39 is 5.79 Å². The molecule has 0 amide bonds. The molecule has 6 heterocycles. The highest BCUT2D eigenvalue weighted by Gasteiger charge is 2.84. The topological polar surface area (TPSA) is 69.3 Å². The Balaban J connectivity index is 1.23. The Kier molecular flexibility index (Phi) is 4.02. The van der Waals surface area contributed by atoms with Gasteiger partial charge in [0.05, 0.1) is 30.2 Å². The van der Waals surface area contributed by atoms with Crippen LogP contribution < -0.4 is 5.32 Å². The Bertz CT molecular complexity index is 1100. The summed E-state index contributed by atoms with van der Waals surface area (Å²) in [5, 5.41) is 3.74. The molecule has 5 bridgehead atoms. The van der Waals surface area contributed by atoms with Crippen LogP contribution in [0.4, 0.5) is 0 Å². The molecule has 5 saturated heterocycles. The van der Waals surface area contributed by atoms with E-state index in [4.69, 9.17) is 18.9 Å². The third-order valence-electron chi connectivity index (χ3n) is 9.18. The molecule has 6 aliphatic heterocycles. The average molecular weight is 451 g/mol. The van der Waals surface area contributed by atoms with Crippen LogP contribution in [-0.4, -0.2) is 54.5 Å². The van der Waals surface area contributed by atoms with E-state index in [1.807, 2.05) is 0 Å². The van der Waals surface area contributed by atoms with Crippen molar-refractivity contribution in [3.63, 3.8) is 0 Å². The summed E-state index contributed by atoms with van der Waals surface area (Å²) < 4.78 is 24.8. The lowest BCUT2D eigenvalue weighted by Crippen LogP contribution is -2.64. The maximum atomic E-state index is 12.3. The standard InChI is InChI=1S/C26H30N2O5/c1-14-20-17-11-19-25(13-27-12-16-7-5-4-6-8-16)18(9-10-28(17)25)26(20,32-19)33-22(14)23-21(30-3)15(2)24(29)31-23/h4-8,14,17-20,27H,9-13H2,1-3H3/b23-22-/t14-,17-,18+,19-,20+,25+,26+/m0/s1. The molecule has 1 aromatic rings. The number of ether oxygens (including phenoxy) is 4. The van der Waals surface area contributed by atoms with Gasteiger partial charge in [-0.25, -0.2) is 4.79 Å². The first-order valence-electron chi connectivity index (χ1n) is 12.1. The van der Waals surface area contributed by atoms with Gasteiger partial charge in [0.1, 0.15) is 5.76 Å². The van der Waals surface area contributed by atoms with Gasteiger partial charge in [-0.15, -0.1) is 0 Å². The normalized spacial score (nSPS) is 46.2. The van der Waals surface area contributed by atoms with Crippen LogP contribution in [0.5, 0.6) is 0 Å². The number of fused-ring (bicyclic) bond motifs is 1. The molecule has 5 fully saturated rings. The van der Waals surface area contributed by atoms with E-state index in [1.54, 1.807) is 14.0 Å². The van der Waals surface area contributed by atoms with E-state index in [1.165, 1.54) is 5.56 Å². The number of cyclic esters (lactones) is 1. The summed E-state index contributed by atoms with van der Waals surface area (Å²) in [7, 11) is 1.58. The predicted molar refractivity (Wildman–Crippen MR) is 118 cm³/mol. The van der Waals surface area contributed by atoms with Crippen LogP contribution in [0.25, 0.3) is 0 Å². The van der Waals surface area contributed by atoms with Crippen molar-refractivity contribution in [3.8, 4) is 0 Å². The van der Waals surface area contributed by atoms with Gasteiger partial charge in [-0.3, -0.25) is 4.90 Å². The smallest absolute Gasteiger partial charge is 0.343 e. The number of hydrogen-bond acceptors (Lipinski definition) is 7.